The highest BCUT2D eigenvalue weighted by molar-refractivity contribution is 5.73. The van der Waals surface area contributed by atoms with Gasteiger partial charge < -0.3 is 5.73 Å². The van der Waals surface area contributed by atoms with Crippen molar-refractivity contribution >= 4 is 5.91 Å². The van der Waals surface area contributed by atoms with Gasteiger partial charge in [0.05, 0.1) is 25.2 Å². The fourth-order valence-corrected chi connectivity index (χ4v) is 0.682. The maximum atomic E-state index is 10.3. The minimum Gasteiger partial charge on any atom is -0.370 e. The van der Waals surface area contributed by atoms with Gasteiger partial charge in [0.2, 0.25) is 5.91 Å². The van der Waals surface area contributed by atoms with Gasteiger partial charge in [-0.3, -0.25) is 9.69 Å². The average Bonchev–Trinajstić information content (AvgIpc) is 2.01. The molecule has 64 valence electrons. The molecule has 0 rings (SSSR count). The summed E-state index contributed by atoms with van der Waals surface area (Å²) in [6.45, 7) is 0.679. The Morgan fingerprint density at radius 2 is 1.83 bits per heavy atom. The van der Waals surface area contributed by atoms with Gasteiger partial charge in [-0.15, -0.1) is 0 Å². The highest BCUT2D eigenvalue weighted by Crippen LogP contribution is 1.88. The van der Waals surface area contributed by atoms with E-state index in [-0.39, 0.29) is 19.5 Å². The Labute approximate surface area is 71.0 Å². The summed E-state index contributed by atoms with van der Waals surface area (Å²) in [6.07, 6.45) is 0.184. The molecule has 0 aromatic carbocycles. The molecule has 0 bridgehead atoms. The molecule has 0 spiro atoms. The van der Waals surface area contributed by atoms with Crippen molar-refractivity contribution in [2.24, 2.45) is 5.73 Å². The molecule has 0 aliphatic rings. The van der Waals surface area contributed by atoms with E-state index < -0.39 is 5.91 Å². The Morgan fingerprint density at radius 1 is 1.33 bits per heavy atom. The average molecular weight is 166 g/mol. The van der Waals surface area contributed by atoms with Crippen molar-refractivity contribution in [3.63, 3.8) is 0 Å². The Balaban J connectivity index is 3.73. The van der Waals surface area contributed by atoms with Crippen LogP contribution in [0.15, 0.2) is 0 Å². The molecule has 0 radical (unpaired) electrons. The molecule has 0 saturated heterocycles. The first kappa shape index (κ1) is 10.4. The largest absolute Gasteiger partial charge is 0.370 e. The van der Waals surface area contributed by atoms with Crippen molar-refractivity contribution in [3.05, 3.63) is 0 Å². The lowest BCUT2D eigenvalue weighted by molar-refractivity contribution is -0.118. The Kier molecular flexibility index (Phi) is 5.33. The molecule has 0 saturated carbocycles. The predicted molar refractivity (Wildman–Crippen MR) is 41.5 cm³/mol. The van der Waals surface area contributed by atoms with E-state index in [2.05, 4.69) is 0 Å². The summed E-state index contributed by atoms with van der Waals surface area (Å²) in [4.78, 5) is 11.9. The second-order valence-corrected chi connectivity index (χ2v) is 2.24. The van der Waals surface area contributed by atoms with Crippen LogP contribution in [0.25, 0.3) is 0 Å². The van der Waals surface area contributed by atoms with Crippen molar-refractivity contribution < 1.29 is 4.79 Å². The number of nitriles is 2. The normalized spacial score (nSPS) is 8.92. The van der Waals surface area contributed by atoms with Crippen LogP contribution in [-0.2, 0) is 4.79 Å². The summed E-state index contributed by atoms with van der Waals surface area (Å²) < 4.78 is 0. The molecule has 12 heavy (non-hydrogen) atoms. The molecule has 5 nitrogen and oxygen atoms in total. The van der Waals surface area contributed by atoms with Crippen LogP contribution in [0.5, 0.6) is 0 Å². The van der Waals surface area contributed by atoms with Gasteiger partial charge in [0, 0.05) is 13.0 Å². The second-order valence-electron chi connectivity index (χ2n) is 2.24. The third-order valence-corrected chi connectivity index (χ3v) is 1.26. The number of rotatable bonds is 5. The van der Waals surface area contributed by atoms with Crippen LogP contribution in [0.3, 0.4) is 0 Å². The molecule has 0 unspecified atom stereocenters. The van der Waals surface area contributed by atoms with Gasteiger partial charge in [0.25, 0.3) is 0 Å². The maximum Gasteiger partial charge on any atom is 0.218 e. The Morgan fingerprint density at radius 3 is 2.17 bits per heavy atom. The first-order chi connectivity index (χ1) is 5.70. The molecule has 5 heteroatoms. The lowest BCUT2D eigenvalue weighted by Crippen LogP contribution is -2.28. The van der Waals surface area contributed by atoms with Crippen molar-refractivity contribution in [1.29, 1.82) is 10.5 Å². The smallest absolute Gasteiger partial charge is 0.218 e. The number of carbonyl (C=O) groups is 1. The van der Waals surface area contributed by atoms with Crippen molar-refractivity contribution in [2.45, 2.75) is 6.42 Å². The van der Waals surface area contributed by atoms with Crippen LogP contribution in [0.2, 0.25) is 0 Å². The topological polar surface area (TPSA) is 93.9 Å². The van der Waals surface area contributed by atoms with Crippen molar-refractivity contribution in [2.75, 3.05) is 19.6 Å². The molecule has 0 heterocycles. The molecular formula is C7H10N4O. The highest BCUT2D eigenvalue weighted by Gasteiger charge is 2.04. The number of hydrogen-bond donors (Lipinski definition) is 1. The summed E-state index contributed by atoms with van der Waals surface area (Å²) >= 11 is 0. The molecule has 0 aliphatic heterocycles. The van der Waals surface area contributed by atoms with Gasteiger partial charge in [-0.25, -0.2) is 0 Å². The van der Waals surface area contributed by atoms with E-state index in [0.29, 0.717) is 6.54 Å². The van der Waals surface area contributed by atoms with Crippen LogP contribution < -0.4 is 5.73 Å². The van der Waals surface area contributed by atoms with Crippen molar-refractivity contribution in [3.8, 4) is 12.1 Å². The zero-order valence-electron chi connectivity index (χ0n) is 6.66. The molecule has 0 atom stereocenters. The van der Waals surface area contributed by atoms with Crippen LogP contribution >= 0.6 is 0 Å². The molecule has 0 fully saturated rings. The van der Waals surface area contributed by atoms with E-state index in [0.717, 1.165) is 0 Å². The zero-order chi connectivity index (χ0) is 9.40. The number of nitrogens with zero attached hydrogens (tertiary/aromatic N) is 3. The van der Waals surface area contributed by atoms with Crippen LogP contribution in [-0.4, -0.2) is 30.4 Å². The Bertz CT molecular complexity index is 209. The molecule has 0 aliphatic carbocycles. The van der Waals surface area contributed by atoms with Gasteiger partial charge in [-0.1, -0.05) is 0 Å². The molecule has 1 amide bonds. The number of hydrogen-bond acceptors (Lipinski definition) is 4. The first-order valence-electron chi connectivity index (χ1n) is 3.45. The highest BCUT2D eigenvalue weighted by atomic mass is 16.1. The van der Waals surface area contributed by atoms with Crippen molar-refractivity contribution in [1.82, 2.24) is 4.90 Å². The summed E-state index contributed by atoms with van der Waals surface area (Å²) in [5.41, 5.74) is 4.90. The fourth-order valence-electron chi connectivity index (χ4n) is 0.682. The van der Waals surface area contributed by atoms with E-state index in [4.69, 9.17) is 16.3 Å². The predicted octanol–water partition coefficient (Wildman–Crippen LogP) is -0.789. The third kappa shape index (κ3) is 5.21. The molecular weight excluding hydrogens is 156 g/mol. The fraction of sp³-hybridized carbons (Fsp3) is 0.571. The summed E-state index contributed by atoms with van der Waals surface area (Å²) in [6, 6.07) is 3.80. The standard InChI is InChI=1S/C7H10N4O/c8-2-5-11(6-3-9)4-1-7(10)12/h1,4-6H2,(H2,10,12). The molecule has 2 N–H and O–H groups in total. The van der Waals surface area contributed by atoms with E-state index in [1.165, 1.54) is 0 Å². The quantitative estimate of drug-likeness (QED) is 0.541. The van der Waals surface area contributed by atoms with E-state index in [9.17, 15) is 4.79 Å². The van der Waals surface area contributed by atoms with E-state index in [1.807, 2.05) is 12.1 Å². The summed E-state index contributed by atoms with van der Waals surface area (Å²) in [5, 5.41) is 16.6. The van der Waals surface area contributed by atoms with E-state index >= 15 is 0 Å². The first-order valence-corrected chi connectivity index (χ1v) is 3.45. The third-order valence-electron chi connectivity index (χ3n) is 1.26. The number of nitrogens with two attached hydrogens (primary N) is 1. The van der Waals surface area contributed by atoms with Crippen LogP contribution in [0.1, 0.15) is 6.42 Å². The molecule has 0 aromatic heterocycles. The molecule has 0 aromatic rings. The van der Waals surface area contributed by atoms with Gasteiger partial charge in [0.1, 0.15) is 0 Å². The SMILES string of the molecule is N#CCN(CC#N)CCC(N)=O. The zero-order valence-corrected chi connectivity index (χ0v) is 6.66. The monoisotopic (exact) mass is 166 g/mol. The van der Waals surface area contributed by atoms with E-state index in [1.54, 1.807) is 4.90 Å². The van der Waals surface area contributed by atoms with Gasteiger partial charge in [-0.2, -0.15) is 10.5 Å². The number of primary amides is 1. The number of carbonyl (C=O) groups excluding carboxylic acids is 1. The van der Waals surface area contributed by atoms with Gasteiger partial charge >= 0.3 is 0 Å². The van der Waals surface area contributed by atoms with Gasteiger partial charge in [-0.05, 0) is 0 Å². The van der Waals surface area contributed by atoms with Crippen LogP contribution in [0.4, 0.5) is 0 Å². The number of amides is 1. The maximum absolute atomic E-state index is 10.3. The minimum atomic E-state index is -0.420. The van der Waals surface area contributed by atoms with Crippen LogP contribution in [0, 0.1) is 22.7 Å². The summed E-state index contributed by atoms with van der Waals surface area (Å²) in [5.74, 6) is -0.420. The summed E-state index contributed by atoms with van der Waals surface area (Å²) in [7, 11) is 0. The second kappa shape index (κ2) is 6.14. The lowest BCUT2D eigenvalue weighted by atomic mass is 10.3. The van der Waals surface area contributed by atoms with Gasteiger partial charge in [0.15, 0.2) is 0 Å². The minimum absolute atomic E-state index is 0.154. The Hall–Kier alpha value is -1.59. The lowest BCUT2D eigenvalue weighted by Gasteiger charge is -2.12.